The zero-order valence-electron chi connectivity index (χ0n) is 15.4. The maximum Gasteiger partial charge on any atom is 0.137 e. The standard InChI is InChI=1S/C24H25BrO2/c25-23-16-15-22(18-24(23)27-19-21-13-6-2-7-14-21)26-17-9-3-8-12-20-10-4-1-5-11-20/h1-2,4-7,10-11,13-16,18H,3,8-9,12,17,19H2. The van der Waals surface area contributed by atoms with Crippen LogP contribution < -0.4 is 9.47 Å². The first-order valence-corrected chi connectivity index (χ1v) is 10.2. The van der Waals surface area contributed by atoms with Crippen LogP contribution in [-0.4, -0.2) is 6.61 Å². The monoisotopic (exact) mass is 424 g/mol. The van der Waals surface area contributed by atoms with Gasteiger partial charge in [0.05, 0.1) is 11.1 Å². The molecular weight excluding hydrogens is 400 g/mol. The molecule has 3 rings (SSSR count). The van der Waals surface area contributed by atoms with E-state index >= 15 is 0 Å². The molecule has 3 aromatic carbocycles. The Morgan fingerprint density at radius 2 is 1.37 bits per heavy atom. The van der Waals surface area contributed by atoms with Crippen molar-refractivity contribution in [2.24, 2.45) is 0 Å². The highest BCUT2D eigenvalue weighted by Crippen LogP contribution is 2.30. The van der Waals surface area contributed by atoms with Gasteiger partial charge in [0.1, 0.15) is 18.1 Å². The van der Waals surface area contributed by atoms with Gasteiger partial charge in [-0.15, -0.1) is 0 Å². The zero-order chi connectivity index (χ0) is 18.7. The van der Waals surface area contributed by atoms with Gasteiger partial charge in [-0.1, -0.05) is 60.7 Å². The number of ether oxygens (including phenoxy) is 2. The van der Waals surface area contributed by atoms with Crippen LogP contribution in [0.2, 0.25) is 0 Å². The minimum absolute atomic E-state index is 0.544. The van der Waals surface area contributed by atoms with Crippen molar-refractivity contribution in [2.75, 3.05) is 6.61 Å². The lowest BCUT2D eigenvalue weighted by atomic mass is 10.1. The van der Waals surface area contributed by atoms with E-state index in [1.54, 1.807) is 0 Å². The first-order chi connectivity index (χ1) is 13.3. The molecule has 0 aliphatic heterocycles. The van der Waals surface area contributed by atoms with Gasteiger partial charge in [-0.3, -0.25) is 0 Å². The molecular formula is C24H25BrO2. The number of rotatable bonds is 10. The highest BCUT2D eigenvalue weighted by atomic mass is 79.9. The summed E-state index contributed by atoms with van der Waals surface area (Å²) in [6.07, 6.45) is 4.56. The maximum atomic E-state index is 5.93. The predicted octanol–water partition coefficient (Wildman–Crippen LogP) is 6.82. The van der Waals surface area contributed by atoms with Crippen molar-refractivity contribution >= 4 is 15.9 Å². The number of hydrogen-bond donors (Lipinski definition) is 0. The summed E-state index contributed by atoms with van der Waals surface area (Å²) >= 11 is 3.55. The van der Waals surface area contributed by atoms with Gasteiger partial charge >= 0.3 is 0 Å². The summed E-state index contributed by atoms with van der Waals surface area (Å²) in [6, 6.07) is 26.7. The summed E-state index contributed by atoms with van der Waals surface area (Å²) < 4.78 is 12.8. The molecule has 140 valence electrons. The van der Waals surface area contributed by atoms with E-state index in [1.807, 2.05) is 36.4 Å². The number of unbranched alkanes of at least 4 members (excludes halogenated alkanes) is 2. The Morgan fingerprint density at radius 1 is 0.667 bits per heavy atom. The lowest BCUT2D eigenvalue weighted by Gasteiger charge is -2.11. The van der Waals surface area contributed by atoms with E-state index in [1.165, 1.54) is 18.4 Å². The second kappa shape index (κ2) is 10.8. The molecule has 0 heterocycles. The van der Waals surface area contributed by atoms with Gasteiger partial charge in [-0.2, -0.15) is 0 Å². The van der Waals surface area contributed by atoms with Crippen molar-refractivity contribution in [1.82, 2.24) is 0 Å². The number of aryl methyl sites for hydroxylation is 1. The van der Waals surface area contributed by atoms with Crippen molar-refractivity contribution in [3.05, 3.63) is 94.5 Å². The van der Waals surface area contributed by atoms with Gasteiger partial charge in [-0.05, 0) is 64.9 Å². The van der Waals surface area contributed by atoms with E-state index in [0.717, 1.165) is 41.0 Å². The van der Waals surface area contributed by atoms with Crippen molar-refractivity contribution in [1.29, 1.82) is 0 Å². The fraction of sp³-hybridized carbons (Fsp3) is 0.250. The Labute approximate surface area is 170 Å². The van der Waals surface area contributed by atoms with Crippen LogP contribution in [0.3, 0.4) is 0 Å². The van der Waals surface area contributed by atoms with E-state index in [-0.39, 0.29) is 0 Å². The van der Waals surface area contributed by atoms with Gasteiger partial charge < -0.3 is 9.47 Å². The molecule has 2 nitrogen and oxygen atoms in total. The molecule has 0 aliphatic carbocycles. The highest BCUT2D eigenvalue weighted by Gasteiger charge is 2.05. The van der Waals surface area contributed by atoms with Crippen LogP contribution in [0.5, 0.6) is 11.5 Å². The minimum atomic E-state index is 0.544. The third kappa shape index (κ3) is 6.76. The van der Waals surface area contributed by atoms with Crippen LogP contribution in [0.15, 0.2) is 83.3 Å². The fourth-order valence-corrected chi connectivity index (χ4v) is 3.22. The molecule has 0 unspecified atom stereocenters. The van der Waals surface area contributed by atoms with Gasteiger partial charge in [0.25, 0.3) is 0 Å². The quantitative estimate of drug-likeness (QED) is 0.332. The van der Waals surface area contributed by atoms with Gasteiger partial charge in [0.15, 0.2) is 0 Å². The van der Waals surface area contributed by atoms with Crippen molar-refractivity contribution in [3.8, 4) is 11.5 Å². The first kappa shape index (κ1) is 19.5. The van der Waals surface area contributed by atoms with Crippen LogP contribution in [0.1, 0.15) is 30.4 Å². The molecule has 0 radical (unpaired) electrons. The topological polar surface area (TPSA) is 18.5 Å². The normalized spacial score (nSPS) is 10.6. The Kier molecular flexibility index (Phi) is 7.79. The minimum Gasteiger partial charge on any atom is -0.493 e. The van der Waals surface area contributed by atoms with Gasteiger partial charge in [0, 0.05) is 6.07 Å². The molecule has 3 heteroatoms. The van der Waals surface area contributed by atoms with Crippen LogP contribution in [0, 0.1) is 0 Å². The lowest BCUT2D eigenvalue weighted by Crippen LogP contribution is -2.00. The third-order valence-electron chi connectivity index (χ3n) is 4.36. The van der Waals surface area contributed by atoms with Crippen LogP contribution >= 0.6 is 15.9 Å². The molecule has 0 bridgehead atoms. The summed E-state index contributed by atoms with van der Waals surface area (Å²) in [5.74, 6) is 1.66. The largest absolute Gasteiger partial charge is 0.493 e. The molecule has 0 aliphatic rings. The fourth-order valence-electron chi connectivity index (χ4n) is 2.86. The molecule has 3 aromatic rings. The first-order valence-electron chi connectivity index (χ1n) is 9.44. The summed E-state index contributed by atoms with van der Waals surface area (Å²) in [6.45, 7) is 1.27. The zero-order valence-corrected chi connectivity index (χ0v) is 17.0. The summed E-state index contributed by atoms with van der Waals surface area (Å²) in [7, 11) is 0. The maximum absolute atomic E-state index is 5.93. The summed E-state index contributed by atoms with van der Waals surface area (Å²) in [5, 5.41) is 0. The summed E-state index contributed by atoms with van der Waals surface area (Å²) in [4.78, 5) is 0. The molecule has 27 heavy (non-hydrogen) atoms. The molecule has 0 atom stereocenters. The Hall–Kier alpha value is -2.26. The highest BCUT2D eigenvalue weighted by molar-refractivity contribution is 9.10. The van der Waals surface area contributed by atoms with Crippen LogP contribution in [0.4, 0.5) is 0 Å². The van der Waals surface area contributed by atoms with E-state index in [4.69, 9.17) is 9.47 Å². The molecule has 0 saturated heterocycles. The Balaban J connectivity index is 1.39. The van der Waals surface area contributed by atoms with Crippen molar-refractivity contribution < 1.29 is 9.47 Å². The Bertz CT molecular complexity index is 803. The average molecular weight is 425 g/mol. The smallest absolute Gasteiger partial charge is 0.137 e. The Morgan fingerprint density at radius 3 is 2.11 bits per heavy atom. The molecule has 0 spiro atoms. The second-order valence-corrected chi connectivity index (χ2v) is 7.37. The molecule has 0 fully saturated rings. The molecule has 0 amide bonds. The average Bonchev–Trinajstić information content (AvgIpc) is 2.72. The SMILES string of the molecule is Brc1ccc(OCCCCCc2ccccc2)cc1OCc1ccccc1. The van der Waals surface area contributed by atoms with Crippen LogP contribution in [0.25, 0.3) is 0 Å². The van der Waals surface area contributed by atoms with Gasteiger partial charge in [0.2, 0.25) is 0 Å². The van der Waals surface area contributed by atoms with E-state index in [0.29, 0.717) is 6.61 Å². The van der Waals surface area contributed by atoms with E-state index in [2.05, 4.69) is 58.4 Å². The second-order valence-electron chi connectivity index (χ2n) is 6.51. The third-order valence-corrected chi connectivity index (χ3v) is 5.02. The summed E-state index contributed by atoms with van der Waals surface area (Å²) in [5.41, 5.74) is 2.56. The molecule has 0 saturated carbocycles. The lowest BCUT2D eigenvalue weighted by molar-refractivity contribution is 0.289. The molecule has 0 N–H and O–H groups in total. The van der Waals surface area contributed by atoms with E-state index < -0.39 is 0 Å². The van der Waals surface area contributed by atoms with Crippen molar-refractivity contribution in [3.63, 3.8) is 0 Å². The number of hydrogen-bond acceptors (Lipinski definition) is 2. The predicted molar refractivity (Wildman–Crippen MR) is 114 cm³/mol. The van der Waals surface area contributed by atoms with E-state index in [9.17, 15) is 0 Å². The van der Waals surface area contributed by atoms with Gasteiger partial charge in [-0.25, -0.2) is 0 Å². The number of benzene rings is 3. The number of halogens is 1. The molecule has 0 aromatic heterocycles. The van der Waals surface area contributed by atoms with Crippen LogP contribution in [-0.2, 0) is 13.0 Å². The van der Waals surface area contributed by atoms with Crippen molar-refractivity contribution in [2.45, 2.75) is 32.3 Å².